The maximum atomic E-state index is 12.4. The second-order valence-corrected chi connectivity index (χ2v) is 6.63. The third-order valence-corrected chi connectivity index (χ3v) is 4.41. The Hall–Kier alpha value is -2.08. The van der Waals surface area contributed by atoms with Crippen LogP contribution in [0.3, 0.4) is 0 Å². The van der Waals surface area contributed by atoms with Gasteiger partial charge >= 0.3 is 6.03 Å². The highest BCUT2D eigenvalue weighted by Crippen LogP contribution is 2.13. The number of hydrogen-bond donors (Lipinski definition) is 2. The number of hydrogen-bond acceptors (Lipinski definition) is 3. The van der Waals surface area contributed by atoms with E-state index in [1.807, 2.05) is 17.9 Å². The van der Waals surface area contributed by atoms with Crippen LogP contribution in [0.25, 0.3) is 0 Å². The fourth-order valence-electron chi connectivity index (χ4n) is 3.12. The number of carbonyl (C=O) groups is 2. The van der Waals surface area contributed by atoms with Gasteiger partial charge in [-0.25, -0.2) is 4.79 Å². The van der Waals surface area contributed by atoms with Crippen molar-refractivity contribution in [3.8, 4) is 0 Å². The van der Waals surface area contributed by atoms with E-state index in [1.54, 1.807) is 0 Å². The number of nitrogens with one attached hydrogen (secondary N) is 2. The lowest BCUT2D eigenvalue weighted by atomic mass is 10.2. The molecule has 1 saturated heterocycles. The molecule has 6 heteroatoms. The van der Waals surface area contributed by atoms with Crippen molar-refractivity contribution in [2.24, 2.45) is 0 Å². The minimum atomic E-state index is -0.152. The Kier molecular flexibility index (Phi) is 7.73. The number of amides is 3. The summed E-state index contributed by atoms with van der Waals surface area (Å²) in [7, 11) is 0. The Morgan fingerprint density at radius 1 is 1.16 bits per heavy atom. The average molecular weight is 346 g/mol. The molecule has 0 bridgehead atoms. The summed E-state index contributed by atoms with van der Waals surface area (Å²) in [5, 5.41) is 5.51. The summed E-state index contributed by atoms with van der Waals surface area (Å²) >= 11 is 0. The summed E-state index contributed by atoms with van der Waals surface area (Å²) in [4.78, 5) is 28.3. The van der Waals surface area contributed by atoms with Crippen LogP contribution in [0.4, 0.5) is 4.79 Å². The molecule has 138 valence electrons. The van der Waals surface area contributed by atoms with Crippen LogP contribution in [-0.2, 0) is 11.3 Å². The second-order valence-electron chi connectivity index (χ2n) is 6.63. The Balaban J connectivity index is 1.82. The van der Waals surface area contributed by atoms with Gasteiger partial charge in [0.05, 0.1) is 6.54 Å². The molecule has 0 radical (unpaired) electrons. The van der Waals surface area contributed by atoms with E-state index in [9.17, 15) is 9.59 Å². The van der Waals surface area contributed by atoms with E-state index in [-0.39, 0.29) is 24.5 Å². The molecule has 6 nitrogen and oxygen atoms in total. The predicted molar refractivity (Wildman–Crippen MR) is 99.2 cm³/mol. The van der Waals surface area contributed by atoms with Crippen molar-refractivity contribution in [3.05, 3.63) is 35.9 Å². The van der Waals surface area contributed by atoms with Crippen LogP contribution in [0.15, 0.2) is 30.3 Å². The SMILES string of the molecule is CCCNC(=O)CNC(=O)N1CCCN(Cc2ccccc2)CC1C. The van der Waals surface area contributed by atoms with Gasteiger partial charge in [0, 0.05) is 38.8 Å². The van der Waals surface area contributed by atoms with E-state index < -0.39 is 0 Å². The number of rotatable bonds is 6. The molecule has 25 heavy (non-hydrogen) atoms. The smallest absolute Gasteiger partial charge is 0.318 e. The zero-order chi connectivity index (χ0) is 18.1. The highest BCUT2D eigenvalue weighted by atomic mass is 16.2. The standard InChI is InChI=1S/C19H30N4O2/c1-3-10-20-18(24)13-21-19(25)23-12-7-11-22(14-16(23)2)15-17-8-5-4-6-9-17/h4-6,8-9,16H,3,7,10-15H2,1-2H3,(H,20,24)(H,21,25). The van der Waals surface area contributed by atoms with Gasteiger partial charge in [-0.2, -0.15) is 0 Å². The van der Waals surface area contributed by atoms with Crippen molar-refractivity contribution >= 4 is 11.9 Å². The largest absolute Gasteiger partial charge is 0.355 e. The summed E-state index contributed by atoms with van der Waals surface area (Å²) in [6.45, 7) is 8.18. The van der Waals surface area contributed by atoms with Crippen LogP contribution in [0, 0.1) is 0 Å². The van der Waals surface area contributed by atoms with Gasteiger partial charge in [0.15, 0.2) is 0 Å². The molecule has 0 spiro atoms. The van der Waals surface area contributed by atoms with Crippen molar-refractivity contribution in [2.45, 2.75) is 39.3 Å². The first kappa shape index (κ1) is 19.2. The van der Waals surface area contributed by atoms with Gasteiger partial charge in [0.1, 0.15) is 0 Å². The zero-order valence-electron chi connectivity index (χ0n) is 15.3. The van der Waals surface area contributed by atoms with Gasteiger partial charge < -0.3 is 15.5 Å². The molecule has 0 aliphatic carbocycles. The molecule has 1 aromatic rings. The van der Waals surface area contributed by atoms with Gasteiger partial charge in [0.2, 0.25) is 5.91 Å². The van der Waals surface area contributed by atoms with Gasteiger partial charge in [-0.05, 0) is 25.3 Å². The van der Waals surface area contributed by atoms with Gasteiger partial charge in [0.25, 0.3) is 0 Å². The van der Waals surface area contributed by atoms with Crippen molar-refractivity contribution in [2.75, 3.05) is 32.7 Å². The number of benzene rings is 1. The predicted octanol–water partition coefficient (Wildman–Crippen LogP) is 1.82. The van der Waals surface area contributed by atoms with Crippen LogP contribution in [-0.4, -0.2) is 60.5 Å². The third-order valence-electron chi connectivity index (χ3n) is 4.41. The summed E-state index contributed by atoms with van der Waals surface area (Å²) in [6.07, 6.45) is 1.83. The summed E-state index contributed by atoms with van der Waals surface area (Å²) < 4.78 is 0. The molecule has 2 N–H and O–H groups in total. The lowest BCUT2D eigenvalue weighted by Crippen LogP contribution is -2.49. The molecule has 1 heterocycles. The minimum Gasteiger partial charge on any atom is -0.355 e. The van der Waals surface area contributed by atoms with Crippen molar-refractivity contribution in [1.29, 1.82) is 0 Å². The van der Waals surface area contributed by atoms with Crippen molar-refractivity contribution in [3.63, 3.8) is 0 Å². The van der Waals surface area contributed by atoms with Crippen LogP contribution in [0.1, 0.15) is 32.3 Å². The van der Waals surface area contributed by atoms with Crippen LogP contribution < -0.4 is 10.6 Å². The molecule has 3 amide bonds. The Morgan fingerprint density at radius 2 is 1.92 bits per heavy atom. The fourth-order valence-corrected chi connectivity index (χ4v) is 3.12. The van der Waals surface area contributed by atoms with Gasteiger partial charge in [-0.1, -0.05) is 37.3 Å². The van der Waals surface area contributed by atoms with Crippen LogP contribution in [0.5, 0.6) is 0 Å². The summed E-state index contributed by atoms with van der Waals surface area (Å²) in [5.41, 5.74) is 1.29. The van der Waals surface area contributed by atoms with Gasteiger partial charge in [-0.15, -0.1) is 0 Å². The van der Waals surface area contributed by atoms with E-state index in [4.69, 9.17) is 0 Å². The molecule has 1 aromatic carbocycles. The second kappa shape index (κ2) is 10.0. The highest BCUT2D eigenvalue weighted by Gasteiger charge is 2.25. The lowest BCUT2D eigenvalue weighted by molar-refractivity contribution is -0.120. The molecule has 1 unspecified atom stereocenters. The van der Waals surface area contributed by atoms with Crippen LogP contribution in [0.2, 0.25) is 0 Å². The Morgan fingerprint density at radius 3 is 2.64 bits per heavy atom. The maximum Gasteiger partial charge on any atom is 0.318 e. The van der Waals surface area contributed by atoms with E-state index in [2.05, 4.69) is 46.7 Å². The monoisotopic (exact) mass is 346 g/mol. The highest BCUT2D eigenvalue weighted by molar-refractivity contribution is 5.84. The molecule has 1 aliphatic rings. The molecule has 0 saturated carbocycles. The lowest BCUT2D eigenvalue weighted by Gasteiger charge is -2.29. The normalized spacial score (nSPS) is 18.5. The van der Waals surface area contributed by atoms with Crippen molar-refractivity contribution < 1.29 is 9.59 Å². The average Bonchev–Trinajstić information content (AvgIpc) is 2.79. The first-order chi connectivity index (χ1) is 12.1. The van der Waals surface area contributed by atoms with E-state index in [0.717, 1.165) is 39.0 Å². The van der Waals surface area contributed by atoms with Crippen LogP contribution >= 0.6 is 0 Å². The van der Waals surface area contributed by atoms with E-state index >= 15 is 0 Å². The number of nitrogens with zero attached hydrogens (tertiary/aromatic N) is 2. The summed E-state index contributed by atoms with van der Waals surface area (Å²) in [6, 6.07) is 10.4. The quantitative estimate of drug-likeness (QED) is 0.826. The number of urea groups is 1. The number of carbonyl (C=O) groups excluding carboxylic acids is 2. The third kappa shape index (κ3) is 6.38. The van der Waals surface area contributed by atoms with Gasteiger partial charge in [-0.3, -0.25) is 9.69 Å². The minimum absolute atomic E-state index is 0.0375. The zero-order valence-corrected chi connectivity index (χ0v) is 15.3. The molecule has 2 rings (SSSR count). The Labute approximate surface area is 150 Å². The maximum absolute atomic E-state index is 12.4. The van der Waals surface area contributed by atoms with E-state index in [1.165, 1.54) is 5.56 Å². The fraction of sp³-hybridized carbons (Fsp3) is 0.579. The first-order valence-electron chi connectivity index (χ1n) is 9.17. The van der Waals surface area contributed by atoms with E-state index in [0.29, 0.717) is 6.54 Å². The van der Waals surface area contributed by atoms with Crippen molar-refractivity contribution in [1.82, 2.24) is 20.4 Å². The summed E-state index contributed by atoms with van der Waals surface area (Å²) in [5.74, 6) is -0.136. The molecule has 0 aromatic heterocycles. The molecule has 1 aliphatic heterocycles. The Bertz CT molecular complexity index is 550. The molecular formula is C19H30N4O2. The molecule has 1 atom stereocenters. The molecular weight excluding hydrogens is 316 g/mol. The molecule has 1 fully saturated rings. The topological polar surface area (TPSA) is 64.7 Å². The first-order valence-corrected chi connectivity index (χ1v) is 9.17.